The van der Waals surface area contributed by atoms with Crippen molar-refractivity contribution in [3.8, 4) is 5.75 Å². The smallest absolute Gasteiger partial charge is 0.349 e. The largest absolute Gasteiger partial charge is 0.506 e. The molecule has 0 aliphatic rings. The van der Waals surface area contributed by atoms with Crippen LogP contribution >= 0.6 is 0 Å². The maximum absolute atomic E-state index is 12.4. The highest BCUT2D eigenvalue weighted by molar-refractivity contribution is 6.05. The van der Waals surface area contributed by atoms with E-state index in [2.05, 4.69) is 4.99 Å². The molecule has 122 valence electrons. The maximum Gasteiger partial charge on any atom is 0.349 e. The molecule has 24 heavy (non-hydrogen) atoms. The Bertz CT molecular complexity index is 927. The fraction of sp³-hybridized carbons (Fsp3) is 0.200. The van der Waals surface area contributed by atoms with Crippen LogP contribution < -0.4 is 5.63 Å². The highest BCUT2D eigenvalue weighted by Crippen LogP contribution is 2.27. The second-order valence-electron chi connectivity index (χ2n) is 5.61. The number of aliphatic imine (C=N–C) groups is 1. The lowest BCUT2D eigenvalue weighted by molar-refractivity contribution is 0.466. The summed E-state index contributed by atoms with van der Waals surface area (Å²) < 4.78 is 5.36. The molecule has 4 nitrogen and oxygen atoms in total. The summed E-state index contributed by atoms with van der Waals surface area (Å²) in [7, 11) is 0. The van der Waals surface area contributed by atoms with Gasteiger partial charge in [0.15, 0.2) is 0 Å². The number of fused-ring (bicyclic) bond motifs is 1. The first-order valence-corrected chi connectivity index (χ1v) is 8.03. The summed E-state index contributed by atoms with van der Waals surface area (Å²) in [6, 6.07) is 16.8. The number of nitrogens with zero attached hydrogens (tertiary/aromatic N) is 1. The lowest BCUT2D eigenvalue weighted by Crippen LogP contribution is -2.15. The summed E-state index contributed by atoms with van der Waals surface area (Å²) in [5.41, 5.74) is 1.63. The zero-order chi connectivity index (χ0) is 16.9. The zero-order valence-electron chi connectivity index (χ0n) is 13.5. The molecule has 0 saturated heterocycles. The van der Waals surface area contributed by atoms with Crippen molar-refractivity contribution in [1.29, 1.82) is 0 Å². The summed E-state index contributed by atoms with van der Waals surface area (Å²) in [5.74, 6) is -0.0536. The standard InChI is InChI=1S/C20H19NO3/c1-2-8-16(21-13-14-9-4-3-5-10-14)18-19(22)15-11-6-7-12-17(15)24-20(18)23/h3-7,9-12,22H,2,8,13H2,1H3. The van der Waals surface area contributed by atoms with Crippen molar-refractivity contribution in [2.24, 2.45) is 4.99 Å². The molecule has 1 N–H and O–H groups in total. The molecule has 1 heterocycles. The van der Waals surface area contributed by atoms with Crippen LogP contribution in [0, 0.1) is 0 Å². The van der Waals surface area contributed by atoms with E-state index >= 15 is 0 Å². The van der Waals surface area contributed by atoms with Gasteiger partial charge in [0.1, 0.15) is 16.9 Å². The first kappa shape index (κ1) is 16.0. The molecule has 2 aromatic carbocycles. The van der Waals surface area contributed by atoms with E-state index in [0.29, 0.717) is 29.6 Å². The van der Waals surface area contributed by atoms with Gasteiger partial charge < -0.3 is 9.52 Å². The minimum atomic E-state index is -0.550. The quantitative estimate of drug-likeness (QED) is 0.563. The SMILES string of the molecule is CCCC(=NCc1ccccc1)c1c(O)c2ccccc2oc1=O. The summed E-state index contributed by atoms with van der Waals surface area (Å²) in [6.45, 7) is 2.47. The Morgan fingerprint density at radius 1 is 1.08 bits per heavy atom. The lowest BCUT2D eigenvalue weighted by atomic mass is 10.0. The molecule has 0 unspecified atom stereocenters. The van der Waals surface area contributed by atoms with Crippen molar-refractivity contribution in [1.82, 2.24) is 0 Å². The minimum absolute atomic E-state index is 0.0536. The first-order chi connectivity index (χ1) is 11.7. The van der Waals surface area contributed by atoms with E-state index in [0.717, 1.165) is 12.0 Å². The predicted octanol–water partition coefficient (Wildman–Crippen LogP) is 4.29. The fourth-order valence-electron chi connectivity index (χ4n) is 2.68. The molecule has 3 rings (SSSR count). The summed E-state index contributed by atoms with van der Waals surface area (Å²) in [4.78, 5) is 17.0. The first-order valence-electron chi connectivity index (χ1n) is 8.03. The van der Waals surface area contributed by atoms with Crippen LogP contribution in [0.1, 0.15) is 30.9 Å². The van der Waals surface area contributed by atoms with E-state index in [9.17, 15) is 9.90 Å². The topological polar surface area (TPSA) is 62.8 Å². The van der Waals surface area contributed by atoms with Crippen LogP contribution in [0.5, 0.6) is 5.75 Å². The Balaban J connectivity index is 2.08. The van der Waals surface area contributed by atoms with Gasteiger partial charge in [0.05, 0.1) is 17.6 Å². The molecule has 0 aliphatic carbocycles. The number of hydrogen-bond donors (Lipinski definition) is 1. The summed E-state index contributed by atoms with van der Waals surface area (Å²) in [6.07, 6.45) is 1.42. The Kier molecular flexibility index (Phi) is 4.75. The Hall–Kier alpha value is -2.88. The molecule has 0 atom stereocenters. The van der Waals surface area contributed by atoms with Gasteiger partial charge in [-0.1, -0.05) is 55.8 Å². The molecular formula is C20H19NO3. The van der Waals surface area contributed by atoms with E-state index in [1.165, 1.54) is 0 Å². The number of aromatic hydroxyl groups is 1. The van der Waals surface area contributed by atoms with Gasteiger partial charge in [-0.15, -0.1) is 0 Å². The van der Waals surface area contributed by atoms with E-state index in [-0.39, 0.29) is 11.3 Å². The highest BCUT2D eigenvalue weighted by atomic mass is 16.4. The number of benzene rings is 2. The Morgan fingerprint density at radius 2 is 1.79 bits per heavy atom. The Labute approximate surface area is 140 Å². The molecule has 4 heteroatoms. The van der Waals surface area contributed by atoms with Gasteiger partial charge in [0, 0.05) is 0 Å². The molecule has 0 spiro atoms. The summed E-state index contributed by atoms with van der Waals surface area (Å²) in [5, 5.41) is 11.1. The van der Waals surface area contributed by atoms with Crippen LogP contribution in [0.4, 0.5) is 0 Å². The Morgan fingerprint density at radius 3 is 2.54 bits per heavy atom. The molecule has 0 amide bonds. The van der Waals surface area contributed by atoms with Crippen molar-refractivity contribution in [2.45, 2.75) is 26.3 Å². The van der Waals surface area contributed by atoms with Gasteiger partial charge in [-0.25, -0.2) is 4.79 Å². The molecular weight excluding hydrogens is 302 g/mol. The van der Waals surface area contributed by atoms with E-state index < -0.39 is 5.63 Å². The van der Waals surface area contributed by atoms with Crippen LogP contribution in [0.25, 0.3) is 11.0 Å². The van der Waals surface area contributed by atoms with Gasteiger partial charge in [-0.05, 0) is 24.1 Å². The normalized spacial score (nSPS) is 11.8. The summed E-state index contributed by atoms with van der Waals surface area (Å²) >= 11 is 0. The van der Waals surface area contributed by atoms with Gasteiger partial charge in [-0.3, -0.25) is 4.99 Å². The third-order valence-electron chi connectivity index (χ3n) is 3.86. The van der Waals surface area contributed by atoms with Crippen LogP contribution in [0.2, 0.25) is 0 Å². The van der Waals surface area contributed by atoms with Crippen LogP contribution in [-0.2, 0) is 6.54 Å². The van der Waals surface area contributed by atoms with E-state index in [1.807, 2.05) is 37.3 Å². The number of rotatable bonds is 5. The molecule has 1 aromatic heterocycles. The second-order valence-corrected chi connectivity index (χ2v) is 5.61. The zero-order valence-corrected chi connectivity index (χ0v) is 13.5. The van der Waals surface area contributed by atoms with Gasteiger partial charge in [0.25, 0.3) is 0 Å². The maximum atomic E-state index is 12.4. The number of hydrogen-bond acceptors (Lipinski definition) is 4. The van der Waals surface area contributed by atoms with Crippen molar-refractivity contribution < 1.29 is 9.52 Å². The highest BCUT2D eigenvalue weighted by Gasteiger charge is 2.18. The molecule has 0 bridgehead atoms. The van der Waals surface area contributed by atoms with Crippen molar-refractivity contribution >= 4 is 16.7 Å². The van der Waals surface area contributed by atoms with Gasteiger partial charge in [0.2, 0.25) is 0 Å². The average Bonchev–Trinajstić information content (AvgIpc) is 2.60. The van der Waals surface area contributed by atoms with Gasteiger partial charge in [-0.2, -0.15) is 0 Å². The fourth-order valence-corrected chi connectivity index (χ4v) is 2.68. The molecule has 0 aliphatic heterocycles. The van der Waals surface area contributed by atoms with Crippen LogP contribution in [-0.4, -0.2) is 10.8 Å². The van der Waals surface area contributed by atoms with E-state index in [4.69, 9.17) is 4.42 Å². The van der Waals surface area contributed by atoms with E-state index in [1.54, 1.807) is 24.3 Å². The van der Waals surface area contributed by atoms with Crippen molar-refractivity contribution in [2.75, 3.05) is 0 Å². The van der Waals surface area contributed by atoms with Crippen LogP contribution in [0.3, 0.4) is 0 Å². The van der Waals surface area contributed by atoms with Gasteiger partial charge >= 0.3 is 5.63 Å². The van der Waals surface area contributed by atoms with Crippen LogP contribution in [0.15, 0.2) is 68.8 Å². The lowest BCUT2D eigenvalue weighted by Gasteiger charge is -2.09. The molecule has 0 radical (unpaired) electrons. The van der Waals surface area contributed by atoms with Crippen molar-refractivity contribution in [3.05, 3.63) is 76.1 Å². The molecule has 0 fully saturated rings. The van der Waals surface area contributed by atoms with Crippen molar-refractivity contribution in [3.63, 3.8) is 0 Å². The second kappa shape index (κ2) is 7.13. The third-order valence-corrected chi connectivity index (χ3v) is 3.86. The molecule has 3 aromatic rings. The third kappa shape index (κ3) is 3.23. The minimum Gasteiger partial charge on any atom is -0.506 e. The monoisotopic (exact) mass is 321 g/mol. The average molecular weight is 321 g/mol. The predicted molar refractivity (Wildman–Crippen MR) is 95.7 cm³/mol. The number of para-hydroxylation sites is 1. The molecule has 0 saturated carbocycles.